The minimum atomic E-state index is 0.688. The Morgan fingerprint density at radius 3 is 1.64 bits per heavy atom. The molecule has 0 saturated carbocycles. The molecule has 2 heterocycles. The van der Waals surface area contributed by atoms with Gasteiger partial charge < -0.3 is 9.13 Å². The molecular formula is C43H30N2. The van der Waals surface area contributed by atoms with Crippen molar-refractivity contribution in [2.45, 2.75) is 6.54 Å². The standard InChI is InChI=1S/C43H30N2/c1-2-3-5-18-32(30-44-40-23-12-8-19-36(40)37-20-9-13-24-41(37)44)34-27-33(31-16-6-4-7-17-31)28-35(29-34)45-42-25-14-10-21-38(42)39-22-11-15-26-43(39)45/h1,3-29H,30H2/b5-3-,32-18+. The zero-order chi connectivity index (χ0) is 30.2. The molecule has 212 valence electrons. The molecule has 0 bridgehead atoms. The number of hydrogen-bond acceptors (Lipinski definition) is 0. The van der Waals surface area contributed by atoms with Gasteiger partial charge in [-0.3, -0.25) is 0 Å². The molecule has 0 aliphatic rings. The number of hydrogen-bond donors (Lipinski definition) is 0. The van der Waals surface area contributed by atoms with E-state index in [9.17, 15) is 0 Å². The van der Waals surface area contributed by atoms with Gasteiger partial charge in [0, 0.05) is 44.8 Å². The van der Waals surface area contributed by atoms with E-state index in [2.05, 4.69) is 167 Å². The Morgan fingerprint density at radius 1 is 0.556 bits per heavy atom. The lowest BCUT2D eigenvalue weighted by atomic mass is 9.97. The van der Waals surface area contributed by atoms with Crippen molar-refractivity contribution in [2.24, 2.45) is 0 Å². The highest BCUT2D eigenvalue weighted by Crippen LogP contribution is 2.36. The predicted molar refractivity (Wildman–Crippen MR) is 192 cm³/mol. The van der Waals surface area contributed by atoms with E-state index in [1.165, 1.54) is 60.3 Å². The molecule has 2 aromatic heterocycles. The van der Waals surface area contributed by atoms with Crippen LogP contribution in [0.2, 0.25) is 0 Å². The normalized spacial score (nSPS) is 12.1. The van der Waals surface area contributed by atoms with Gasteiger partial charge in [0.15, 0.2) is 0 Å². The van der Waals surface area contributed by atoms with Gasteiger partial charge in [0.25, 0.3) is 0 Å². The van der Waals surface area contributed by atoms with Crippen LogP contribution in [0.15, 0.2) is 164 Å². The second-order valence-corrected chi connectivity index (χ2v) is 11.3. The molecule has 45 heavy (non-hydrogen) atoms. The van der Waals surface area contributed by atoms with Crippen LogP contribution >= 0.6 is 0 Å². The maximum atomic E-state index is 5.66. The summed E-state index contributed by atoms with van der Waals surface area (Å²) in [7, 11) is 0. The number of fused-ring (bicyclic) bond motifs is 6. The number of rotatable bonds is 6. The summed E-state index contributed by atoms with van der Waals surface area (Å²) in [6.45, 7) is 0.688. The Kier molecular flexibility index (Phi) is 6.63. The maximum Gasteiger partial charge on any atom is 0.0541 e. The average molecular weight is 575 g/mol. The molecule has 0 fully saturated rings. The van der Waals surface area contributed by atoms with Crippen LogP contribution in [0.3, 0.4) is 0 Å². The Labute approximate surface area is 262 Å². The fourth-order valence-electron chi connectivity index (χ4n) is 6.73. The van der Waals surface area contributed by atoms with Crippen LogP contribution in [0.25, 0.3) is 66.0 Å². The first kappa shape index (κ1) is 26.6. The van der Waals surface area contributed by atoms with E-state index in [-0.39, 0.29) is 0 Å². The number of nitrogens with zero attached hydrogens (tertiary/aromatic N) is 2. The lowest BCUT2D eigenvalue weighted by molar-refractivity contribution is 0.914. The van der Waals surface area contributed by atoms with Gasteiger partial charge in [-0.25, -0.2) is 0 Å². The summed E-state index contributed by atoms with van der Waals surface area (Å²) in [5.74, 6) is 2.67. The van der Waals surface area contributed by atoms with Crippen molar-refractivity contribution in [2.75, 3.05) is 0 Å². The molecule has 0 amide bonds. The van der Waals surface area contributed by atoms with E-state index in [0.717, 1.165) is 11.3 Å². The highest BCUT2D eigenvalue weighted by atomic mass is 15.0. The molecule has 8 aromatic rings. The predicted octanol–water partition coefficient (Wildman–Crippen LogP) is 10.8. The fraction of sp³-hybridized carbons (Fsp3) is 0.0233. The van der Waals surface area contributed by atoms with Crippen molar-refractivity contribution in [3.8, 4) is 29.2 Å². The molecule has 2 nitrogen and oxygen atoms in total. The largest absolute Gasteiger partial charge is 0.336 e. The third kappa shape index (κ3) is 4.63. The average Bonchev–Trinajstić information content (AvgIpc) is 3.61. The Balaban J connectivity index is 1.39. The number of para-hydroxylation sites is 4. The van der Waals surface area contributed by atoms with E-state index in [0.29, 0.717) is 6.54 Å². The molecule has 0 spiro atoms. The van der Waals surface area contributed by atoms with Gasteiger partial charge in [0.1, 0.15) is 0 Å². The van der Waals surface area contributed by atoms with Gasteiger partial charge in [-0.05, 0) is 70.8 Å². The van der Waals surface area contributed by atoms with Crippen molar-refractivity contribution in [1.29, 1.82) is 0 Å². The van der Waals surface area contributed by atoms with Gasteiger partial charge in [0.05, 0.1) is 11.0 Å². The number of benzene rings is 6. The third-order valence-electron chi connectivity index (χ3n) is 8.73. The van der Waals surface area contributed by atoms with E-state index in [4.69, 9.17) is 6.42 Å². The summed E-state index contributed by atoms with van der Waals surface area (Å²) < 4.78 is 4.82. The van der Waals surface area contributed by atoms with Crippen molar-refractivity contribution in [3.63, 3.8) is 0 Å². The minimum Gasteiger partial charge on any atom is -0.336 e. The van der Waals surface area contributed by atoms with Gasteiger partial charge in [-0.1, -0.05) is 121 Å². The van der Waals surface area contributed by atoms with Crippen LogP contribution < -0.4 is 0 Å². The minimum absolute atomic E-state index is 0.688. The van der Waals surface area contributed by atoms with Gasteiger partial charge in [-0.2, -0.15) is 0 Å². The topological polar surface area (TPSA) is 9.86 Å². The second-order valence-electron chi connectivity index (χ2n) is 11.3. The molecule has 0 radical (unpaired) electrons. The van der Waals surface area contributed by atoms with Gasteiger partial charge in [-0.15, -0.1) is 6.42 Å². The monoisotopic (exact) mass is 574 g/mol. The Bertz CT molecular complexity index is 2350. The van der Waals surface area contributed by atoms with E-state index < -0.39 is 0 Å². The molecule has 8 rings (SSSR count). The number of allylic oxidation sites excluding steroid dienone is 4. The summed E-state index contributed by atoms with van der Waals surface area (Å²) in [6.07, 6.45) is 11.6. The van der Waals surface area contributed by atoms with E-state index >= 15 is 0 Å². The Hall–Kier alpha value is -6.04. The van der Waals surface area contributed by atoms with Crippen LogP contribution in [0, 0.1) is 12.3 Å². The number of aromatic nitrogens is 2. The highest BCUT2D eigenvalue weighted by molar-refractivity contribution is 6.10. The quantitative estimate of drug-likeness (QED) is 0.138. The first-order chi connectivity index (χ1) is 22.3. The molecule has 0 saturated heterocycles. The zero-order valence-electron chi connectivity index (χ0n) is 24.8. The van der Waals surface area contributed by atoms with Crippen LogP contribution in [-0.4, -0.2) is 9.13 Å². The van der Waals surface area contributed by atoms with Crippen LogP contribution in [0.4, 0.5) is 0 Å². The summed E-state index contributed by atoms with van der Waals surface area (Å²) in [6, 6.07) is 52.3. The Morgan fingerprint density at radius 2 is 1.07 bits per heavy atom. The molecule has 2 heteroatoms. The lowest BCUT2D eigenvalue weighted by Gasteiger charge is -2.17. The van der Waals surface area contributed by atoms with E-state index in [1.54, 1.807) is 6.08 Å². The fourth-order valence-corrected chi connectivity index (χ4v) is 6.73. The molecule has 0 aliphatic carbocycles. The van der Waals surface area contributed by atoms with Gasteiger partial charge in [0.2, 0.25) is 0 Å². The summed E-state index contributed by atoms with van der Waals surface area (Å²) in [5.41, 5.74) is 10.6. The third-order valence-corrected chi connectivity index (χ3v) is 8.73. The van der Waals surface area contributed by atoms with Crippen molar-refractivity contribution in [3.05, 3.63) is 169 Å². The molecule has 0 unspecified atom stereocenters. The SMILES string of the molecule is C#C/C=C\C=C(/Cn1c2ccccc2c2ccccc21)c1cc(-c2ccccc2)cc(-n2c3ccccc3c3ccccc32)c1. The summed E-state index contributed by atoms with van der Waals surface area (Å²) in [5, 5.41) is 5.02. The highest BCUT2D eigenvalue weighted by Gasteiger charge is 2.16. The molecule has 6 aromatic carbocycles. The van der Waals surface area contributed by atoms with Crippen LogP contribution in [0.1, 0.15) is 5.56 Å². The summed E-state index contributed by atoms with van der Waals surface area (Å²) in [4.78, 5) is 0. The zero-order valence-corrected chi connectivity index (χ0v) is 24.8. The van der Waals surface area contributed by atoms with Crippen molar-refractivity contribution in [1.82, 2.24) is 9.13 Å². The van der Waals surface area contributed by atoms with Gasteiger partial charge >= 0.3 is 0 Å². The van der Waals surface area contributed by atoms with Crippen LogP contribution in [0.5, 0.6) is 0 Å². The van der Waals surface area contributed by atoms with Crippen LogP contribution in [-0.2, 0) is 6.54 Å². The lowest BCUT2D eigenvalue weighted by Crippen LogP contribution is -2.03. The first-order valence-corrected chi connectivity index (χ1v) is 15.3. The molecule has 0 atom stereocenters. The van der Waals surface area contributed by atoms with E-state index in [1.807, 2.05) is 6.08 Å². The molecule has 0 aliphatic heterocycles. The van der Waals surface area contributed by atoms with Crippen molar-refractivity contribution < 1.29 is 0 Å². The van der Waals surface area contributed by atoms with Crippen molar-refractivity contribution >= 4 is 49.2 Å². The smallest absolute Gasteiger partial charge is 0.0541 e. The first-order valence-electron chi connectivity index (χ1n) is 15.3. The molecule has 0 N–H and O–H groups in total. The summed E-state index contributed by atoms with van der Waals surface area (Å²) >= 11 is 0. The maximum absolute atomic E-state index is 5.66. The second kappa shape index (κ2) is 11.2. The molecular weight excluding hydrogens is 544 g/mol. The number of terminal acetylenes is 1.